The summed E-state index contributed by atoms with van der Waals surface area (Å²) in [5.74, 6) is 0.326. The average molecular weight is 282 g/mol. The summed E-state index contributed by atoms with van der Waals surface area (Å²) < 4.78 is 5.87. The molecule has 1 heterocycles. The van der Waals surface area contributed by atoms with Crippen LogP contribution in [-0.2, 0) is 4.43 Å². The maximum Gasteiger partial charge on any atom is 0.344 e. The van der Waals surface area contributed by atoms with Crippen molar-refractivity contribution in [1.29, 1.82) is 0 Å². The lowest BCUT2D eigenvalue weighted by Gasteiger charge is -2.41. The molecule has 1 fully saturated rings. The highest BCUT2D eigenvalue weighted by molar-refractivity contribution is 7.33. The van der Waals surface area contributed by atoms with Gasteiger partial charge in [-0.15, -0.1) is 0 Å². The molecule has 1 aromatic carbocycles. The minimum atomic E-state index is -3.12. The van der Waals surface area contributed by atoms with Crippen LogP contribution in [0.2, 0.25) is 18.6 Å². The Kier molecular flexibility index (Phi) is 4.08. The SMILES string of the molecule is CC(C[Si]1(C)OCCC[Si]1(O)O)c1ccccc1. The molecule has 0 amide bonds. The summed E-state index contributed by atoms with van der Waals surface area (Å²) in [6.07, 6.45) is 0.793. The van der Waals surface area contributed by atoms with Crippen LogP contribution in [0.15, 0.2) is 30.3 Å². The highest BCUT2D eigenvalue weighted by Crippen LogP contribution is 2.35. The van der Waals surface area contributed by atoms with E-state index in [-0.39, 0.29) is 0 Å². The van der Waals surface area contributed by atoms with Gasteiger partial charge in [-0.2, -0.15) is 0 Å². The summed E-state index contributed by atoms with van der Waals surface area (Å²) in [4.78, 5) is 20.6. The van der Waals surface area contributed by atoms with Crippen molar-refractivity contribution in [2.24, 2.45) is 0 Å². The Labute approximate surface area is 111 Å². The topological polar surface area (TPSA) is 49.7 Å². The number of benzene rings is 1. The first-order valence-corrected chi connectivity index (χ1v) is 12.3. The molecule has 100 valence electrons. The number of hydrogen-bond donors (Lipinski definition) is 2. The second kappa shape index (κ2) is 5.26. The fourth-order valence-electron chi connectivity index (χ4n) is 2.70. The van der Waals surface area contributed by atoms with Crippen LogP contribution in [0.3, 0.4) is 0 Å². The van der Waals surface area contributed by atoms with Crippen molar-refractivity contribution < 1.29 is 14.0 Å². The monoisotopic (exact) mass is 282 g/mol. The fraction of sp³-hybridized carbons (Fsp3) is 0.538. The van der Waals surface area contributed by atoms with E-state index in [9.17, 15) is 9.59 Å². The Morgan fingerprint density at radius 1 is 1.28 bits per heavy atom. The van der Waals surface area contributed by atoms with Crippen LogP contribution in [0.1, 0.15) is 24.8 Å². The summed E-state index contributed by atoms with van der Waals surface area (Å²) in [5, 5.41) is 0. The molecule has 3 nitrogen and oxygen atoms in total. The van der Waals surface area contributed by atoms with Crippen LogP contribution in [0.25, 0.3) is 0 Å². The molecule has 5 heteroatoms. The van der Waals surface area contributed by atoms with Crippen LogP contribution in [0.4, 0.5) is 0 Å². The predicted octanol–water partition coefficient (Wildman–Crippen LogP) is 2.29. The molecular formula is C13H22O3Si2. The summed E-state index contributed by atoms with van der Waals surface area (Å²) in [6, 6.07) is 11.6. The van der Waals surface area contributed by atoms with Crippen molar-refractivity contribution >= 4 is 15.9 Å². The highest BCUT2D eigenvalue weighted by Gasteiger charge is 2.56. The van der Waals surface area contributed by atoms with Gasteiger partial charge in [0.05, 0.1) is 0 Å². The Morgan fingerprint density at radius 3 is 2.56 bits per heavy atom. The molecule has 2 unspecified atom stereocenters. The van der Waals surface area contributed by atoms with Crippen molar-refractivity contribution in [3.63, 3.8) is 0 Å². The zero-order valence-electron chi connectivity index (χ0n) is 11.1. The second-order valence-electron chi connectivity index (χ2n) is 5.52. The van der Waals surface area contributed by atoms with Crippen LogP contribution >= 0.6 is 0 Å². The Balaban J connectivity index is 2.12. The van der Waals surface area contributed by atoms with Gasteiger partial charge in [0.2, 0.25) is 7.83 Å². The molecule has 2 atom stereocenters. The van der Waals surface area contributed by atoms with Crippen LogP contribution in [-0.4, -0.2) is 32.1 Å². The minimum Gasteiger partial charge on any atom is -0.414 e. The number of rotatable bonds is 3. The van der Waals surface area contributed by atoms with E-state index in [1.807, 2.05) is 24.7 Å². The van der Waals surface area contributed by atoms with Gasteiger partial charge < -0.3 is 14.0 Å². The summed E-state index contributed by atoms with van der Waals surface area (Å²) in [5.41, 5.74) is 1.25. The molecule has 0 saturated carbocycles. The largest absolute Gasteiger partial charge is 0.414 e. The van der Waals surface area contributed by atoms with E-state index >= 15 is 0 Å². The smallest absolute Gasteiger partial charge is 0.344 e. The van der Waals surface area contributed by atoms with Crippen molar-refractivity contribution in [1.82, 2.24) is 0 Å². The van der Waals surface area contributed by atoms with E-state index in [2.05, 4.69) is 19.1 Å². The molecule has 0 aromatic heterocycles. The standard InChI is InChI=1S/C13H22O3Si2/c1-12(13-7-4-3-5-8-13)11-17(2)16-9-6-10-18(17,14)15/h3-5,7-8,12,14-15H,6,9-11H2,1-2H3. The molecule has 1 aliphatic heterocycles. The predicted molar refractivity (Wildman–Crippen MR) is 76.8 cm³/mol. The molecule has 0 bridgehead atoms. The van der Waals surface area contributed by atoms with Gasteiger partial charge in [0.15, 0.2) is 0 Å². The van der Waals surface area contributed by atoms with Crippen LogP contribution in [0.5, 0.6) is 0 Å². The molecule has 1 saturated heterocycles. The fourth-order valence-corrected chi connectivity index (χ4v) is 11.6. The maximum absolute atomic E-state index is 10.3. The normalized spacial score (nSPS) is 28.9. The zero-order chi connectivity index (χ0) is 13.2. The van der Waals surface area contributed by atoms with E-state index in [1.54, 1.807) is 0 Å². The zero-order valence-corrected chi connectivity index (χ0v) is 13.1. The molecule has 0 spiro atoms. The molecule has 2 N–H and O–H groups in total. The Hall–Kier alpha value is -0.466. The van der Waals surface area contributed by atoms with Crippen molar-refractivity contribution in [3.05, 3.63) is 35.9 Å². The molecule has 2 rings (SSSR count). The third-order valence-corrected chi connectivity index (χ3v) is 15.9. The van der Waals surface area contributed by atoms with Gasteiger partial charge in [-0.05, 0) is 36.5 Å². The highest BCUT2D eigenvalue weighted by atomic mass is 29.3. The number of hydrogen-bond acceptors (Lipinski definition) is 3. The van der Waals surface area contributed by atoms with Gasteiger partial charge in [-0.25, -0.2) is 0 Å². The van der Waals surface area contributed by atoms with Gasteiger partial charge in [-0.3, -0.25) is 0 Å². The Morgan fingerprint density at radius 2 is 1.94 bits per heavy atom. The maximum atomic E-state index is 10.3. The first-order chi connectivity index (χ1) is 8.45. The lowest BCUT2D eigenvalue weighted by Crippen LogP contribution is -2.66. The summed E-state index contributed by atoms with van der Waals surface area (Å²) in [6.45, 7) is 4.84. The first-order valence-electron chi connectivity index (χ1n) is 6.58. The quantitative estimate of drug-likeness (QED) is 0.836. The Bertz CT molecular complexity index is 396. The van der Waals surface area contributed by atoms with Crippen LogP contribution < -0.4 is 0 Å². The van der Waals surface area contributed by atoms with Crippen molar-refractivity contribution in [3.8, 4) is 0 Å². The van der Waals surface area contributed by atoms with Gasteiger partial charge in [0.1, 0.15) is 0 Å². The lowest BCUT2D eigenvalue weighted by molar-refractivity contribution is 0.258. The molecule has 1 aromatic rings. The van der Waals surface area contributed by atoms with E-state index in [4.69, 9.17) is 4.43 Å². The summed E-state index contributed by atoms with van der Waals surface area (Å²) in [7, 11) is -5.48. The first kappa shape index (κ1) is 14.0. The molecular weight excluding hydrogens is 260 g/mol. The van der Waals surface area contributed by atoms with Gasteiger partial charge in [0.25, 0.3) is 0 Å². The molecule has 18 heavy (non-hydrogen) atoms. The van der Waals surface area contributed by atoms with Gasteiger partial charge >= 0.3 is 8.08 Å². The van der Waals surface area contributed by atoms with Crippen molar-refractivity contribution in [2.45, 2.75) is 37.9 Å². The van der Waals surface area contributed by atoms with Gasteiger partial charge in [0, 0.05) is 6.61 Å². The third-order valence-electron chi connectivity index (χ3n) is 4.00. The molecule has 0 aliphatic carbocycles. The third kappa shape index (κ3) is 2.75. The van der Waals surface area contributed by atoms with E-state index < -0.39 is 15.9 Å². The van der Waals surface area contributed by atoms with E-state index in [0.717, 1.165) is 12.5 Å². The van der Waals surface area contributed by atoms with Crippen molar-refractivity contribution in [2.75, 3.05) is 6.61 Å². The lowest BCUT2D eigenvalue weighted by atomic mass is 10.0. The molecule has 1 aliphatic rings. The molecule has 0 radical (unpaired) electrons. The summed E-state index contributed by atoms with van der Waals surface area (Å²) >= 11 is 0. The van der Waals surface area contributed by atoms with E-state index in [1.165, 1.54) is 5.56 Å². The average Bonchev–Trinajstić information content (AvgIpc) is 2.34. The van der Waals surface area contributed by atoms with E-state index in [0.29, 0.717) is 18.6 Å². The van der Waals surface area contributed by atoms with Gasteiger partial charge in [-0.1, -0.05) is 37.3 Å². The van der Waals surface area contributed by atoms with Crippen LogP contribution in [0, 0.1) is 0 Å². The second-order valence-corrected chi connectivity index (χ2v) is 16.4. The minimum absolute atomic E-state index is 0.326.